The number of aryl methyl sites for hydroxylation is 1. The molecule has 0 aliphatic carbocycles. The molecule has 1 amide bonds. The number of imidazole rings is 1. The van der Waals surface area contributed by atoms with Gasteiger partial charge in [-0.3, -0.25) is 4.79 Å². The van der Waals surface area contributed by atoms with Crippen LogP contribution in [0, 0.1) is 10.7 Å². The van der Waals surface area contributed by atoms with Crippen LogP contribution >= 0.6 is 0 Å². The lowest BCUT2D eigenvalue weighted by Gasteiger charge is -2.12. The van der Waals surface area contributed by atoms with Gasteiger partial charge < -0.3 is 10.5 Å². The first kappa shape index (κ1) is 20.2. The third kappa shape index (κ3) is 3.87. The highest BCUT2D eigenvalue weighted by atomic mass is 19.1. The van der Waals surface area contributed by atoms with Gasteiger partial charge in [-0.15, -0.1) is 0 Å². The Balaban J connectivity index is 1.68. The Morgan fingerprint density at radius 3 is 2.55 bits per heavy atom. The maximum atomic E-state index is 13.1. The molecule has 8 heteroatoms. The van der Waals surface area contributed by atoms with E-state index in [0.29, 0.717) is 50.5 Å². The molecular weight excluding hydrogens is 399 g/mol. The number of benzene rings is 3. The van der Waals surface area contributed by atoms with E-state index < -0.39 is 5.82 Å². The molecule has 0 aliphatic heterocycles. The van der Waals surface area contributed by atoms with E-state index in [9.17, 15) is 19.3 Å². The van der Waals surface area contributed by atoms with E-state index in [-0.39, 0.29) is 5.91 Å². The van der Waals surface area contributed by atoms with E-state index in [2.05, 4.69) is 10.3 Å². The van der Waals surface area contributed by atoms with Crippen molar-refractivity contribution in [2.24, 2.45) is 0 Å². The normalized spacial score (nSPS) is 10.9. The van der Waals surface area contributed by atoms with Crippen molar-refractivity contribution in [3.8, 4) is 11.4 Å². The van der Waals surface area contributed by atoms with Crippen LogP contribution in [0.3, 0.4) is 0 Å². The van der Waals surface area contributed by atoms with Crippen molar-refractivity contribution in [1.82, 2.24) is 9.71 Å². The Labute approximate surface area is 177 Å². The molecular formula is C23H20FN4O3+. The van der Waals surface area contributed by atoms with Gasteiger partial charge in [0.15, 0.2) is 12.9 Å². The number of carbonyl (C=O) groups is 1. The molecule has 0 bridgehead atoms. The monoisotopic (exact) mass is 419 g/mol. The van der Waals surface area contributed by atoms with E-state index >= 15 is 0 Å². The number of carbonyl (C=O) groups excluding carboxylic acids is 1. The molecule has 0 unspecified atom stereocenters. The summed E-state index contributed by atoms with van der Waals surface area (Å²) in [6.45, 7) is 1.95. The quantitative estimate of drug-likeness (QED) is 0.355. The highest BCUT2D eigenvalue weighted by molar-refractivity contribution is 6.04. The van der Waals surface area contributed by atoms with Crippen molar-refractivity contribution in [1.29, 1.82) is 0 Å². The molecule has 2 N–H and O–H groups in total. The average molecular weight is 419 g/mol. The number of halogens is 1. The molecule has 0 spiro atoms. The fourth-order valence-electron chi connectivity index (χ4n) is 3.38. The fourth-order valence-corrected chi connectivity index (χ4v) is 3.38. The summed E-state index contributed by atoms with van der Waals surface area (Å²) >= 11 is 0. The van der Waals surface area contributed by atoms with E-state index in [1.54, 1.807) is 30.3 Å². The van der Waals surface area contributed by atoms with Gasteiger partial charge >= 0.3 is 0 Å². The maximum absolute atomic E-state index is 13.1. The van der Waals surface area contributed by atoms with E-state index in [1.165, 1.54) is 31.3 Å². The zero-order chi connectivity index (χ0) is 22.1. The summed E-state index contributed by atoms with van der Waals surface area (Å²) in [5.41, 5.74) is 3.85. The van der Waals surface area contributed by atoms with Gasteiger partial charge in [-0.05, 0) is 60.5 Å². The van der Waals surface area contributed by atoms with E-state index in [1.807, 2.05) is 13.0 Å². The molecule has 156 valence electrons. The van der Waals surface area contributed by atoms with Crippen LogP contribution in [0.25, 0.3) is 22.4 Å². The number of hydrogen-bond acceptors (Lipinski definition) is 4. The molecule has 0 fully saturated rings. The Morgan fingerprint density at radius 2 is 1.87 bits per heavy atom. The number of nitrogens with one attached hydrogen (secondary N) is 1. The predicted molar refractivity (Wildman–Crippen MR) is 115 cm³/mol. The van der Waals surface area contributed by atoms with E-state index in [0.717, 1.165) is 10.3 Å². The number of aromatic nitrogens is 2. The minimum Gasteiger partial charge on any atom is -0.426 e. The van der Waals surface area contributed by atoms with Crippen molar-refractivity contribution in [3.05, 3.63) is 82.5 Å². The molecule has 0 atom stereocenters. The van der Waals surface area contributed by atoms with Crippen LogP contribution in [0.1, 0.15) is 22.8 Å². The van der Waals surface area contributed by atoms with Crippen molar-refractivity contribution < 1.29 is 19.2 Å². The van der Waals surface area contributed by atoms with Crippen LogP contribution in [0.15, 0.2) is 60.7 Å². The zero-order valence-electron chi connectivity index (χ0n) is 17.0. The van der Waals surface area contributed by atoms with Crippen molar-refractivity contribution in [2.45, 2.75) is 13.3 Å². The minimum absolute atomic E-state index is 0.326. The molecule has 0 radical (unpaired) electrons. The molecule has 0 saturated carbocycles. The summed E-state index contributed by atoms with van der Waals surface area (Å²) < 4.78 is 14.8. The van der Waals surface area contributed by atoms with Crippen molar-refractivity contribution >= 4 is 28.3 Å². The van der Waals surface area contributed by atoms with Crippen molar-refractivity contribution in [3.63, 3.8) is 0 Å². The first-order chi connectivity index (χ1) is 14.9. The molecule has 31 heavy (non-hydrogen) atoms. The summed E-state index contributed by atoms with van der Waals surface area (Å²) in [7, 11) is 1.38. The molecule has 0 saturated heterocycles. The Kier molecular flexibility index (Phi) is 5.21. The Bertz CT molecular complexity index is 1310. The number of anilines is 1. The molecule has 4 rings (SSSR count). The van der Waals surface area contributed by atoms with Gasteiger partial charge in [0.2, 0.25) is 0 Å². The Morgan fingerprint density at radius 1 is 1.13 bits per heavy atom. The zero-order valence-corrected chi connectivity index (χ0v) is 17.0. The number of amides is 1. The third-order valence-electron chi connectivity index (χ3n) is 5.08. The molecule has 1 heterocycles. The molecule has 3 aromatic carbocycles. The third-order valence-corrected chi connectivity index (χ3v) is 5.08. The average Bonchev–Trinajstić information content (AvgIpc) is 3.10. The van der Waals surface area contributed by atoms with Gasteiger partial charge in [-0.25, -0.2) is 9.37 Å². The van der Waals surface area contributed by atoms with E-state index in [4.69, 9.17) is 0 Å². The number of fused-ring (bicyclic) bond motifs is 1. The lowest BCUT2D eigenvalue weighted by Crippen LogP contribution is -2.13. The standard InChI is InChI=1S/C23H19FN4O3/c1-3-14-12-16(6-10-19(14)26-23(29)15-4-7-17(24)8-5-15)22-25-20-11-9-18(27(2)30)13-21(20)28(22)31/h4-13H,3H2,1-2H3,(H-,25,26,29,30,31)/p+1. The number of hydrogen-bond donors (Lipinski definition) is 2. The molecule has 0 aliphatic rings. The highest BCUT2D eigenvalue weighted by Gasteiger charge is 2.17. The van der Waals surface area contributed by atoms with Gasteiger partial charge in [-0.2, -0.15) is 4.73 Å². The largest absolute Gasteiger partial charge is 0.426 e. The lowest BCUT2D eigenvalue weighted by atomic mass is 10.1. The lowest BCUT2D eigenvalue weighted by molar-refractivity contribution is -0.428. The second kappa shape index (κ2) is 7.98. The van der Waals surface area contributed by atoms with Crippen LogP contribution in [0.2, 0.25) is 0 Å². The summed E-state index contributed by atoms with van der Waals surface area (Å²) in [5, 5.41) is 13.5. The van der Waals surface area contributed by atoms with Crippen LogP contribution in [0.4, 0.5) is 15.8 Å². The second-order valence-electron chi connectivity index (χ2n) is 7.10. The van der Waals surface area contributed by atoms with Gasteiger partial charge in [0.25, 0.3) is 11.6 Å². The smallest absolute Gasteiger partial charge is 0.257 e. The van der Waals surface area contributed by atoms with Crippen molar-refractivity contribution in [2.75, 3.05) is 12.4 Å². The van der Waals surface area contributed by atoms with Crippen LogP contribution < -0.4 is 5.32 Å². The van der Waals surface area contributed by atoms with Crippen LogP contribution in [0.5, 0.6) is 0 Å². The first-order valence-electron chi connectivity index (χ1n) is 9.70. The second-order valence-corrected chi connectivity index (χ2v) is 7.10. The van der Waals surface area contributed by atoms with Gasteiger partial charge in [0.05, 0.1) is 5.52 Å². The van der Waals surface area contributed by atoms with Gasteiger partial charge in [-0.1, -0.05) is 6.92 Å². The summed E-state index contributed by atoms with van der Waals surface area (Å²) in [6.07, 6.45) is 0.629. The number of nitrogens with zero attached hydrogens (tertiary/aromatic N) is 3. The number of rotatable bonds is 5. The van der Waals surface area contributed by atoms with Gasteiger partial charge in [0, 0.05) is 38.6 Å². The molecule has 4 aromatic rings. The van der Waals surface area contributed by atoms with Crippen LogP contribution in [-0.2, 0) is 6.42 Å². The fraction of sp³-hybridized carbons (Fsp3) is 0.130. The summed E-state index contributed by atoms with van der Waals surface area (Å²) in [4.78, 5) is 28.5. The first-order valence-corrected chi connectivity index (χ1v) is 9.70. The van der Waals surface area contributed by atoms with Gasteiger partial charge in [0.1, 0.15) is 11.3 Å². The summed E-state index contributed by atoms with van der Waals surface area (Å²) in [5.74, 6) is -0.422. The number of nitroso groups, excluding NO2 is 1. The minimum atomic E-state index is -0.406. The molecule has 1 aromatic heterocycles. The highest BCUT2D eigenvalue weighted by Crippen LogP contribution is 2.29. The topological polar surface area (TPSA) is 87.2 Å². The SMILES string of the molecule is CCc1cc(-c2nc3ccc([N+](C)=O)cc3n2O)ccc1NC(=O)c1ccc(F)cc1. The maximum Gasteiger partial charge on any atom is 0.257 e. The Hall–Kier alpha value is -4.07. The predicted octanol–water partition coefficient (Wildman–Crippen LogP) is 4.93. The molecule has 7 nitrogen and oxygen atoms in total. The van der Waals surface area contributed by atoms with Crippen LogP contribution in [-0.4, -0.2) is 32.6 Å². The summed E-state index contributed by atoms with van der Waals surface area (Å²) in [6, 6.07) is 15.5.